The summed E-state index contributed by atoms with van der Waals surface area (Å²) in [6, 6.07) is 8.52. The van der Waals surface area contributed by atoms with Gasteiger partial charge in [0.1, 0.15) is 0 Å². The molecule has 19 heavy (non-hydrogen) atoms. The van der Waals surface area contributed by atoms with Crippen LogP contribution >= 0.6 is 27.3 Å². The van der Waals surface area contributed by atoms with E-state index in [1.165, 1.54) is 11.3 Å². The Balaban J connectivity index is 2.10. The van der Waals surface area contributed by atoms with E-state index in [-0.39, 0.29) is 11.9 Å². The first kappa shape index (κ1) is 13.7. The molecule has 0 aliphatic rings. The smallest absolute Gasteiger partial charge is 0.251 e. The van der Waals surface area contributed by atoms with Crippen LogP contribution in [0.2, 0.25) is 0 Å². The number of nitrogens with one attached hydrogen (secondary N) is 1. The predicted molar refractivity (Wildman–Crippen MR) is 76.9 cm³/mol. The summed E-state index contributed by atoms with van der Waals surface area (Å²) in [6.07, 6.45) is 1.73. The molecule has 1 aromatic heterocycles. The van der Waals surface area contributed by atoms with Crippen LogP contribution in [0.4, 0.5) is 0 Å². The van der Waals surface area contributed by atoms with Crippen LogP contribution in [-0.4, -0.2) is 10.9 Å². The van der Waals surface area contributed by atoms with Gasteiger partial charge in [-0.15, -0.1) is 11.3 Å². The summed E-state index contributed by atoms with van der Waals surface area (Å²) in [4.78, 5) is 17.1. The number of amides is 1. The zero-order chi connectivity index (χ0) is 13.8. The molecule has 0 bridgehead atoms. The lowest BCUT2D eigenvalue weighted by molar-refractivity contribution is 0.0940. The molecule has 0 fully saturated rings. The van der Waals surface area contributed by atoms with Crippen LogP contribution in [0.15, 0.2) is 34.4 Å². The van der Waals surface area contributed by atoms with Gasteiger partial charge >= 0.3 is 0 Å². The molecule has 0 aliphatic heterocycles. The third kappa shape index (κ3) is 3.40. The summed E-state index contributed by atoms with van der Waals surface area (Å²) in [6.45, 7) is 1.89. The Morgan fingerprint density at radius 3 is 3.00 bits per heavy atom. The predicted octanol–water partition coefficient (Wildman–Crippen LogP) is 3.27. The fourth-order valence-electron chi connectivity index (χ4n) is 1.55. The van der Waals surface area contributed by atoms with Gasteiger partial charge in [-0.2, -0.15) is 5.26 Å². The summed E-state index contributed by atoms with van der Waals surface area (Å²) < 4.78 is 0.787. The topological polar surface area (TPSA) is 65.8 Å². The van der Waals surface area contributed by atoms with Crippen molar-refractivity contribution in [1.82, 2.24) is 10.3 Å². The van der Waals surface area contributed by atoms with Crippen molar-refractivity contribution in [3.8, 4) is 6.07 Å². The van der Waals surface area contributed by atoms with Crippen molar-refractivity contribution in [1.29, 1.82) is 5.26 Å². The minimum absolute atomic E-state index is 0.123. The van der Waals surface area contributed by atoms with E-state index < -0.39 is 0 Å². The van der Waals surface area contributed by atoms with E-state index in [1.54, 1.807) is 30.5 Å². The molecule has 1 aromatic carbocycles. The lowest BCUT2D eigenvalue weighted by Gasteiger charge is -2.11. The van der Waals surface area contributed by atoms with Crippen LogP contribution < -0.4 is 5.32 Å². The molecule has 4 nitrogen and oxygen atoms in total. The Labute approximate surface area is 123 Å². The molecule has 96 valence electrons. The third-order valence-corrected chi connectivity index (χ3v) is 4.18. The highest BCUT2D eigenvalue weighted by Crippen LogP contribution is 2.24. The van der Waals surface area contributed by atoms with Gasteiger partial charge in [-0.05, 0) is 41.1 Å². The fraction of sp³-hybridized carbons (Fsp3) is 0.154. The van der Waals surface area contributed by atoms with Crippen LogP contribution in [0.25, 0.3) is 0 Å². The number of carbonyl (C=O) groups excluding carboxylic acids is 1. The van der Waals surface area contributed by atoms with E-state index >= 15 is 0 Å². The van der Waals surface area contributed by atoms with Crippen LogP contribution in [0.5, 0.6) is 0 Å². The van der Waals surface area contributed by atoms with Crippen molar-refractivity contribution in [2.75, 3.05) is 0 Å². The molecule has 1 N–H and O–H groups in total. The van der Waals surface area contributed by atoms with Crippen LogP contribution in [0.3, 0.4) is 0 Å². The minimum atomic E-state index is -0.200. The van der Waals surface area contributed by atoms with Gasteiger partial charge < -0.3 is 5.32 Å². The Kier molecular flexibility index (Phi) is 4.30. The summed E-state index contributed by atoms with van der Waals surface area (Å²) in [5.74, 6) is -0.200. The average Bonchev–Trinajstić information content (AvgIpc) is 2.85. The maximum Gasteiger partial charge on any atom is 0.251 e. The number of rotatable bonds is 3. The number of nitrogens with zero attached hydrogens (tertiary/aromatic N) is 2. The Morgan fingerprint density at radius 1 is 1.58 bits per heavy atom. The lowest BCUT2D eigenvalue weighted by atomic mass is 10.1. The molecule has 0 radical (unpaired) electrons. The molecule has 1 heterocycles. The van der Waals surface area contributed by atoms with Crippen molar-refractivity contribution >= 4 is 33.2 Å². The molecule has 2 rings (SSSR count). The number of thiazole rings is 1. The highest BCUT2D eigenvalue weighted by molar-refractivity contribution is 9.11. The van der Waals surface area contributed by atoms with E-state index in [0.717, 1.165) is 8.79 Å². The quantitative estimate of drug-likeness (QED) is 0.935. The molecular weight excluding hydrogens is 326 g/mol. The highest BCUT2D eigenvalue weighted by Gasteiger charge is 2.13. The normalized spacial score (nSPS) is 11.6. The van der Waals surface area contributed by atoms with Gasteiger partial charge in [0.05, 0.1) is 17.7 Å². The highest BCUT2D eigenvalue weighted by atomic mass is 79.9. The van der Waals surface area contributed by atoms with Crippen molar-refractivity contribution in [2.24, 2.45) is 0 Å². The zero-order valence-electron chi connectivity index (χ0n) is 10.1. The van der Waals surface area contributed by atoms with E-state index in [1.807, 2.05) is 13.0 Å². The van der Waals surface area contributed by atoms with E-state index in [9.17, 15) is 4.79 Å². The molecule has 1 amide bonds. The summed E-state index contributed by atoms with van der Waals surface area (Å²) in [5.41, 5.74) is 0.954. The monoisotopic (exact) mass is 335 g/mol. The number of hydrogen-bond donors (Lipinski definition) is 1. The van der Waals surface area contributed by atoms with Gasteiger partial charge in [-0.1, -0.05) is 6.07 Å². The first-order valence-corrected chi connectivity index (χ1v) is 7.13. The number of carbonyl (C=O) groups is 1. The van der Waals surface area contributed by atoms with Crippen molar-refractivity contribution < 1.29 is 4.79 Å². The number of halogens is 1. The molecule has 0 aliphatic carbocycles. The van der Waals surface area contributed by atoms with Gasteiger partial charge in [-0.25, -0.2) is 4.98 Å². The van der Waals surface area contributed by atoms with E-state index in [4.69, 9.17) is 5.26 Å². The number of nitriles is 1. The average molecular weight is 336 g/mol. The SMILES string of the molecule is C[C@H](NC(=O)c1cccc(C#N)c1)c1cnc(Br)s1. The minimum Gasteiger partial charge on any atom is -0.345 e. The van der Waals surface area contributed by atoms with Crippen molar-refractivity contribution in [3.05, 3.63) is 50.4 Å². The summed E-state index contributed by atoms with van der Waals surface area (Å²) >= 11 is 4.77. The Morgan fingerprint density at radius 2 is 2.37 bits per heavy atom. The number of aromatic nitrogens is 1. The molecule has 0 saturated heterocycles. The summed E-state index contributed by atoms with van der Waals surface area (Å²) in [7, 11) is 0. The van der Waals surface area contributed by atoms with Crippen molar-refractivity contribution in [2.45, 2.75) is 13.0 Å². The second kappa shape index (κ2) is 5.95. The number of hydrogen-bond acceptors (Lipinski definition) is 4. The Hall–Kier alpha value is -1.71. The largest absolute Gasteiger partial charge is 0.345 e. The van der Waals surface area contributed by atoms with Gasteiger partial charge in [0.2, 0.25) is 0 Å². The van der Waals surface area contributed by atoms with Gasteiger partial charge in [0.25, 0.3) is 5.91 Å². The van der Waals surface area contributed by atoms with E-state index in [2.05, 4.69) is 26.2 Å². The molecule has 1 atom stereocenters. The second-order valence-electron chi connectivity index (χ2n) is 3.90. The van der Waals surface area contributed by atoms with Crippen molar-refractivity contribution in [3.63, 3.8) is 0 Å². The molecule has 0 saturated carbocycles. The third-order valence-electron chi connectivity index (χ3n) is 2.52. The second-order valence-corrected chi connectivity index (χ2v) is 6.24. The maximum atomic E-state index is 12.1. The van der Waals surface area contributed by atoms with Crippen LogP contribution in [0, 0.1) is 11.3 Å². The zero-order valence-corrected chi connectivity index (χ0v) is 12.5. The number of benzene rings is 1. The van der Waals surface area contributed by atoms with E-state index in [0.29, 0.717) is 11.1 Å². The molecule has 6 heteroatoms. The van der Waals surface area contributed by atoms with Crippen LogP contribution in [0.1, 0.15) is 33.8 Å². The lowest BCUT2D eigenvalue weighted by Crippen LogP contribution is -2.26. The maximum absolute atomic E-state index is 12.1. The molecule has 0 spiro atoms. The first-order chi connectivity index (χ1) is 9.10. The summed E-state index contributed by atoms with van der Waals surface area (Å²) in [5, 5.41) is 11.7. The molecule has 0 unspecified atom stereocenters. The van der Waals surface area contributed by atoms with Gasteiger partial charge in [0, 0.05) is 16.6 Å². The molecular formula is C13H10BrN3OS. The fourth-order valence-corrected chi connectivity index (χ4v) is 2.85. The Bertz CT molecular complexity index is 647. The molecule has 2 aromatic rings. The first-order valence-electron chi connectivity index (χ1n) is 5.52. The standard InChI is InChI=1S/C13H10BrN3OS/c1-8(11-7-16-13(14)19-11)17-12(18)10-4-2-3-9(5-10)6-15/h2-5,7-8H,1H3,(H,17,18)/t8-/m0/s1. The van der Waals surface area contributed by atoms with Gasteiger partial charge in [0.15, 0.2) is 3.92 Å². The van der Waals surface area contributed by atoms with Crippen LogP contribution in [-0.2, 0) is 0 Å². The van der Waals surface area contributed by atoms with Gasteiger partial charge in [-0.3, -0.25) is 4.79 Å².